The van der Waals surface area contributed by atoms with E-state index in [0.717, 1.165) is 11.8 Å². The van der Waals surface area contributed by atoms with Gasteiger partial charge in [-0.25, -0.2) is 4.79 Å². The Bertz CT molecular complexity index is 372. The van der Waals surface area contributed by atoms with Crippen molar-refractivity contribution in [3.05, 3.63) is 23.2 Å². The molecule has 0 radical (unpaired) electrons. The Balaban J connectivity index is 2.79. The summed E-state index contributed by atoms with van der Waals surface area (Å²) in [4.78, 5) is 11.2. The van der Waals surface area contributed by atoms with E-state index >= 15 is 0 Å². The second-order valence-corrected chi connectivity index (χ2v) is 4.30. The highest BCUT2D eigenvalue weighted by atomic mass is 35.5. The van der Waals surface area contributed by atoms with Gasteiger partial charge in [0.25, 0.3) is 0 Å². The van der Waals surface area contributed by atoms with Crippen LogP contribution in [0.5, 0.6) is 5.75 Å². The van der Waals surface area contributed by atoms with Crippen molar-refractivity contribution in [1.82, 2.24) is 0 Å². The van der Waals surface area contributed by atoms with Crippen LogP contribution in [-0.2, 0) is 4.79 Å². The van der Waals surface area contributed by atoms with Gasteiger partial charge in [0.1, 0.15) is 5.75 Å². The van der Waals surface area contributed by atoms with Gasteiger partial charge in [-0.3, -0.25) is 0 Å². The lowest BCUT2D eigenvalue weighted by Gasteiger charge is -2.08. The minimum absolute atomic E-state index is 0.431. The number of thioether (sulfide) groups is 1. The van der Waals surface area contributed by atoms with Crippen molar-refractivity contribution >= 4 is 29.3 Å². The molecule has 1 rings (SSSR count). The molecule has 15 heavy (non-hydrogen) atoms. The summed E-state index contributed by atoms with van der Waals surface area (Å²) in [7, 11) is 1.51. The molecule has 0 spiro atoms. The van der Waals surface area contributed by atoms with E-state index in [9.17, 15) is 4.79 Å². The lowest BCUT2D eigenvalue weighted by molar-refractivity contribution is -0.136. The number of rotatable bonds is 4. The number of halogens is 1. The number of carbonyl (C=O) groups is 1. The highest BCUT2D eigenvalue weighted by molar-refractivity contribution is 8.00. The second kappa shape index (κ2) is 5.25. The van der Waals surface area contributed by atoms with Crippen molar-refractivity contribution < 1.29 is 14.6 Å². The lowest BCUT2D eigenvalue weighted by atomic mass is 10.3. The smallest absolute Gasteiger partial charge is 0.331 e. The van der Waals surface area contributed by atoms with Gasteiger partial charge < -0.3 is 15.6 Å². The van der Waals surface area contributed by atoms with Gasteiger partial charge >= 0.3 is 5.97 Å². The largest absolute Gasteiger partial charge is 0.495 e. The topological polar surface area (TPSA) is 72.5 Å². The Morgan fingerprint density at radius 2 is 2.33 bits per heavy atom. The maximum Gasteiger partial charge on any atom is 0.331 e. The summed E-state index contributed by atoms with van der Waals surface area (Å²) in [5, 5.41) is 8.05. The average Bonchev–Trinajstić information content (AvgIpc) is 2.18. The Morgan fingerprint density at radius 3 is 2.80 bits per heavy atom. The molecule has 1 atom stereocenters. The summed E-state index contributed by atoms with van der Waals surface area (Å²) in [6.45, 7) is 0. The number of nitrogens with two attached hydrogens (primary N) is 1. The van der Waals surface area contributed by atoms with Gasteiger partial charge in [-0.05, 0) is 18.2 Å². The van der Waals surface area contributed by atoms with Gasteiger partial charge in [0.15, 0.2) is 5.37 Å². The number of hydrogen-bond donors (Lipinski definition) is 2. The van der Waals surface area contributed by atoms with E-state index in [-0.39, 0.29) is 0 Å². The van der Waals surface area contributed by atoms with Crippen LogP contribution < -0.4 is 10.5 Å². The van der Waals surface area contributed by atoms with Gasteiger partial charge in [-0.1, -0.05) is 23.4 Å². The molecule has 0 aliphatic carbocycles. The third-order valence-electron chi connectivity index (χ3n) is 1.63. The van der Waals surface area contributed by atoms with Gasteiger partial charge in [0.05, 0.1) is 12.1 Å². The first-order valence-corrected chi connectivity index (χ1v) is 5.29. The van der Waals surface area contributed by atoms with Crippen LogP contribution in [0.1, 0.15) is 0 Å². The minimum atomic E-state index is -1.06. The number of ether oxygens (including phenoxy) is 1. The molecule has 0 fully saturated rings. The summed E-state index contributed by atoms with van der Waals surface area (Å²) in [6.07, 6.45) is 0. The molecule has 1 unspecified atom stereocenters. The Labute approximate surface area is 96.4 Å². The Hall–Kier alpha value is -0.910. The van der Waals surface area contributed by atoms with Crippen LogP contribution in [-0.4, -0.2) is 23.6 Å². The normalized spacial score (nSPS) is 12.2. The number of carboxylic acid groups (broad SMARTS) is 1. The molecule has 0 aliphatic rings. The maximum atomic E-state index is 10.5. The SMILES string of the molecule is COc1ccc(SC(N)C(=O)O)cc1Cl. The first kappa shape index (κ1) is 12.2. The van der Waals surface area contributed by atoms with E-state index in [1.807, 2.05) is 0 Å². The molecular weight excluding hydrogens is 238 g/mol. The first-order valence-electron chi connectivity index (χ1n) is 4.03. The van der Waals surface area contributed by atoms with E-state index in [1.165, 1.54) is 7.11 Å². The van der Waals surface area contributed by atoms with E-state index < -0.39 is 11.3 Å². The zero-order chi connectivity index (χ0) is 11.4. The van der Waals surface area contributed by atoms with E-state index in [4.69, 9.17) is 27.2 Å². The van der Waals surface area contributed by atoms with Gasteiger partial charge in [0.2, 0.25) is 0 Å². The average molecular weight is 248 g/mol. The van der Waals surface area contributed by atoms with Crippen molar-refractivity contribution in [1.29, 1.82) is 0 Å². The zero-order valence-corrected chi connectivity index (χ0v) is 9.51. The fourth-order valence-corrected chi connectivity index (χ4v) is 1.97. The van der Waals surface area contributed by atoms with Crippen LogP contribution in [0.25, 0.3) is 0 Å². The molecule has 0 bridgehead atoms. The molecular formula is C9H10ClNO3S. The van der Waals surface area contributed by atoms with Crippen LogP contribution >= 0.6 is 23.4 Å². The highest BCUT2D eigenvalue weighted by Crippen LogP contribution is 2.30. The molecule has 4 nitrogen and oxygen atoms in total. The van der Waals surface area contributed by atoms with Gasteiger partial charge in [0, 0.05) is 4.90 Å². The summed E-state index contributed by atoms with van der Waals surface area (Å²) < 4.78 is 4.96. The fraction of sp³-hybridized carbons (Fsp3) is 0.222. The molecule has 0 saturated carbocycles. The van der Waals surface area contributed by atoms with Crippen molar-refractivity contribution in [3.63, 3.8) is 0 Å². The van der Waals surface area contributed by atoms with Gasteiger partial charge in [-0.15, -0.1) is 0 Å². The molecule has 0 amide bonds. The maximum absolute atomic E-state index is 10.5. The number of benzene rings is 1. The quantitative estimate of drug-likeness (QED) is 0.627. The molecule has 6 heteroatoms. The van der Waals surface area contributed by atoms with Crippen molar-refractivity contribution in [3.8, 4) is 5.75 Å². The predicted octanol–water partition coefficient (Wildman–Crippen LogP) is 1.81. The van der Waals surface area contributed by atoms with Crippen molar-refractivity contribution in [2.45, 2.75) is 10.3 Å². The van der Waals surface area contributed by atoms with Crippen LogP contribution in [0.3, 0.4) is 0 Å². The molecule has 0 saturated heterocycles. The predicted molar refractivity (Wildman–Crippen MR) is 59.5 cm³/mol. The summed E-state index contributed by atoms with van der Waals surface area (Å²) in [6, 6.07) is 4.99. The van der Waals surface area contributed by atoms with Crippen molar-refractivity contribution in [2.75, 3.05) is 7.11 Å². The third kappa shape index (κ3) is 3.30. The van der Waals surface area contributed by atoms with Crippen LogP contribution in [0.15, 0.2) is 23.1 Å². The molecule has 0 heterocycles. The molecule has 0 aromatic heterocycles. The summed E-state index contributed by atoms with van der Waals surface area (Å²) >= 11 is 6.89. The highest BCUT2D eigenvalue weighted by Gasteiger charge is 2.13. The summed E-state index contributed by atoms with van der Waals surface area (Å²) in [5.74, 6) is -0.517. The second-order valence-electron chi connectivity index (χ2n) is 2.67. The fourth-order valence-electron chi connectivity index (χ4n) is 0.917. The van der Waals surface area contributed by atoms with Crippen LogP contribution in [0, 0.1) is 0 Å². The molecule has 0 aliphatic heterocycles. The molecule has 82 valence electrons. The summed E-state index contributed by atoms with van der Waals surface area (Å²) in [5.41, 5.74) is 5.36. The third-order valence-corrected chi connectivity index (χ3v) is 2.91. The first-order chi connectivity index (χ1) is 7.04. The lowest BCUT2D eigenvalue weighted by Crippen LogP contribution is -2.25. The molecule has 1 aromatic carbocycles. The van der Waals surface area contributed by atoms with Crippen LogP contribution in [0.2, 0.25) is 5.02 Å². The number of carboxylic acids is 1. The number of methoxy groups -OCH3 is 1. The number of aliphatic carboxylic acids is 1. The monoisotopic (exact) mass is 247 g/mol. The van der Waals surface area contributed by atoms with Gasteiger partial charge in [-0.2, -0.15) is 0 Å². The molecule has 3 N–H and O–H groups in total. The van der Waals surface area contributed by atoms with E-state index in [1.54, 1.807) is 18.2 Å². The van der Waals surface area contributed by atoms with Crippen LogP contribution in [0.4, 0.5) is 0 Å². The Kier molecular flexibility index (Phi) is 4.26. The van der Waals surface area contributed by atoms with Crippen molar-refractivity contribution in [2.24, 2.45) is 5.73 Å². The molecule has 1 aromatic rings. The number of hydrogen-bond acceptors (Lipinski definition) is 4. The van der Waals surface area contributed by atoms with E-state index in [0.29, 0.717) is 15.7 Å². The zero-order valence-electron chi connectivity index (χ0n) is 7.94. The Morgan fingerprint density at radius 1 is 1.67 bits per heavy atom. The van der Waals surface area contributed by atoms with E-state index in [2.05, 4.69) is 0 Å². The standard InChI is InChI=1S/C9H10ClNO3S/c1-14-7-3-2-5(4-6(7)10)15-8(11)9(12)13/h2-4,8H,11H2,1H3,(H,12,13). The minimum Gasteiger partial charge on any atom is -0.495 e.